The highest BCUT2D eigenvalue weighted by atomic mass is 16.6. The first-order chi connectivity index (χ1) is 16.3. The number of carbonyl (C=O) groups is 2. The van der Waals surface area contributed by atoms with Crippen molar-refractivity contribution in [1.29, 1.82) is 0 Å². The largest absolute Gasteiger partial charge is 0.481 e. The molecule has 2 atom stereocenters. The average molecular weight is 485 g/mol. The number of unbranched alkanes of at least 4 members (excludes halogenated alkanes) is 15. The fourth-order valence-electron chi connectivity index (χ4n) is 4.50. The summed E-state index contributed by atoms with van der Waals surface area (Å²) in [5.74, 6) is -1.15. The van der Waals surface area contributed by atoms with Gasteiger partial charge in [-0.15, -0.1) is 0 Å². The van der Waals surface area contributed by atoms with E-state index in [0.29, 0.717) is 25.7 Å². The summed E-state index contributed by atoms with van der Waals surface area (Å²) >= 11 is 0. The van der Waals surface area contributed by atoms with Gasteiger partial charge in [0.1, 0.15) is 6.10 Å². The van der Waals surface area contributed by atoms with Crippen molar-refractivity contribution in [2.75, 3.05) is 0 Å². The van der Waals surface area contributed by atoms with Crippen molar-refractivity contribution in [3.63, 3.8) is 0 Å². The lowest BCUT2D eigenvalue weighted by atomic mass is 9.88. The summed E-state index contributed by atoms with van der Waals surface area (Å²) in [5, 5.41) is 19.9. The van der Waals surface area contributed by atoms with E-state index in [2.05, 4.69) is 13.8 Å². The van der Waals surface area contributed by atoms with Crippen LogP contribution in [0.25, 0.3) is 0 Å². The second-order valence-electron chi connectivity index (χ2n) is 10.4. The van der Waals surface area contributed by atoms with E-state index in [4.69, 9.17) is 9.84 Å². The molecule has 0 radical (unpaired) electrons. The molecule has 0 bridgehead atoms. The molecule has 0 spiro atoms. The average Bonchev–Trinajstić information content (AvgIpc) is 2.79. The van der Waals surface area contributed by atoms with Gasteiger partial charge in [-0.2, -0.15) is 0 Å². The summed E-state index contributed by atoms with van der Waals surface area (Å²) in [6, 6.07) is 0. The summed E-state index contributed by atoms with van der Waals surface area (Å²) in [6.45, 7) is 6.28. The van der Waals surface area contributed by atoms with Crippen molar-refractivity contribution in [2.24, 2.45) is 0 Å². The highest BCUT2D eigenvalue weighted by Gasteiger charge is 2.34. The maximum atomic E-state index is 12.4. The van der Waals surface area contributed by atoms with Crippen LogP contribution in [0, 0.1) is 0 Å². The van der Waals surface area contributed by atoms with Crippen molar-refractivity contribution in [3.8, 4) is 0 Å². The van der Waals surface area contributed by atoms with Crippen LogP contribution in [0.5, 0.6) is 0 Å². The second kappa shape index (κ2) is 22.4. The molecular formula is C29H56O5. The molecule has 0 saturated carbocycles. The minimum absolute atomic E-state index is 0.0745. The number of esters is 1. The minimum atomic E-state index is -1.01. The number of carboxylic acids is 1. The number of hydrogen-bond acceptors (Lipinski definition) is 4. The number of carboxylic acid groups (broad SMARTS) is 1. The van der Waals surface area contributed by atoms with E-state index in [1.807, 2.05) is 6.92 Å². The Hall–Kier alpha value is -1.10. The van der Waals surface area contributed by atoms with Crippen LogP contribution in [0.3, 0.4) is 0 Å². The Balaban J connectivity index is 4.46. The molecular weight excluding hydrogens is 428 g/mol. The summed E-state index contributed by atoms with van der Waals surface area (Å²) < 4.78 is 5.77. The standard InChI is InChI=1S/C29H56O5/c1-4-6-8-10-12-14-16-18-22-26(34-28(32)24-20-19-23-27(30)31)29(3,33)25-21-17-15-13-11-9-7-5-2/h26,33H,4-25H2,1-3H3,(H,30,31). The number of aliphatic carboxylic acids is 1. The predicted octanol–water partition coefficient (Wildman–Crippen LogP) is 8.36. The van der Waals surface area contributed by atoms with E-state index in [0.717, 1.165) is 25.7 Å². The smallest absolute Gasteiger partial charge is 0.306 e. The van der Waals surface area contributed by atoms with Crippen LogP contribution >= 0.6 is 0 Å². The highest BCUT2D eigenvalue weighted by molar-refractivity contribution is 5.70. The first kappa shape index (κ1) is 32.9. The summed E-state index contributed by atoms with van der Waals surface area (Å²) in [4.78, 5) is 23.1. The van der Waals surface area contributed by atoms with E-state index in [9.17, 15) is 14.7 Å². The number of rotatable bonds is 25. The lowest BCUT2D eigenvalue weighted by molar-refractivity contribution is -0.166. The molecule has 0 aliphatic rings. The fraction of sp³-hybridized carbons (Fsp3) is 0.931. The van der Waals surface area contributed by atoms with Crippen molar-refractivity contribution in [3.05, 3.63) is 0 Å². The quantitative estimate of drug-likeness (QED) is 0.100. The van der Waals surface area contributed by atoms with Crippen LogP contribution in [0.1, 0.15) is 162 Å². The maximum absolute atomic E-state index is 12.4. The summed E-state index contributed by atoms with van der Waals surface area (Å²) in [6.07, 6.45) is 21.5. The zero-order valence-electron chi connectivity index (χ0n) is 22.8. The van der Waals surface area contributed by atoms with Gasteiger partial charge in [0.2, 0.25) is 0 Å². The molecule has 2 unspecified atom stereocenters. The number of carbonyl (C=O) groups excluding carboxylic acids is 1. The molecule has 34 heavy (non-hydrogen) atoms. The van der Waals surface area contributed by atoms with Gasteiger partial charge in [-0.25, -0.2) is 0 Å². The topological polar surface area (TPSA) is 83.8 Å². The summed E-state index contributed by atoms with van der Waals surface area (Å²) in [7, 11) is 0. The zero-order valence-corrected chi connectivity index (χ0v) is 22.8. The first-order valence-electron chi connectivity index (χ1n) is 14.5. The first-order valence-corrected chi connectivity index (χ1v) is 14.5. The Kier molecular flexibility index (Phi) is 21.6. The lowest BCUT2D eigenvalue weighted by Gasteiger charge is -2.33. The van der Waals surface area contributed by atoms with Crippen LogP contribution < -0.4 is 0 Å². The molecule has 5 nitrogen and oxygen atoms in total. The molecule has 2 N–H and O–H groups in total. The molecule has 0 fully saturated rings. The van der Waals surface area contributed by atoms with Crippen molar-refractivity contribution >= 4 is 11.9 Å². The molecule has 0 rings (SSSR count). The molecule has 0 amide bonds. The van der Waals surface area contributed by atoms with E-state index in [-0.39, 0.29) is 18.8 Å². The van der Waals surface area contributed by atoms with Crippen molar-refractivity contribution in [2.45, 2.75) is 174 Å². The SMILES string of the molecule is CCCCCCCCCCC(OC(=O)CCCCC(=O)O)C(C)(O)CCCCCCCCCC. The molecule has 0 heterocycles. The van der Waals surface area contributed by atoms with Crippen LogP contribution in [-0.4, -0.2) is 33.9 Å². The van der Waals surface area contributed by atoms with Gasteiger partial charge < -0.3 is 14.9 Å². The van der Waals surface area contributed by atoms with E-state index in [1.54, 1.807) is 0 Å². The van der Waals surface area contributed by atoms with Crippen molar-refractivity contribution < 1.29 is 24.5 Å². The van der Waals surface area contributed by atoms with Crippen molar-refractivity contribution in [1.82, 2.24) is 0 Å². The second-order valence-corrected chi connectivity index (χ2v) is 10.4. The lowest BCUT2D eigenvalue weighted by Crippen LogP contribution is -2.42. The molecule has 0 aromatic carbocycles. The third-order valence-electron chi connectivity index (χ3n) is 6.85. The minimum Gasteiger partial charge on any atom is -0.481 e. The zero-order chi connectivity index (χ0) is 25.5. The summed E-state index contributed by atoms with van der Waals surface area (Å²) in [5.41, 5.74) is -1.01. The van der Waals surface area contributed by atoms with Gasteiger partial charge >= 0.3 is 11.9 Å². The van der Waals surface area contributed by atoms with E-state index < -0.39 is 17.7 Å². The third-order valence-corrected chi connectivity index (χ3v) is 6.85. The number of hydrogen-bond donors (Lipinski definition) is 2. The van der Waals surface area contributed by atoms with E-state index in [1.165, 1.54) is 77.0 Å². The van der Waals surface area contributed by atoms with Gasteiger partial charge in [-0.3, -0.25) is 9.59 Å². The van der Waals surface area contributed by atoms with Gasteiger partial charge in [0.05, 0.1) is 5.60 Å². The molecule has 0 aliphatic heterocycles. The van der Waals surface area contributed by atoms with Crippen LogP contribution in [0.15, 0.2) is 0 Å². The molecule has 0 aromatic rings. The Morgan fingerprint density at radius 3 is 1.62 bits per heavy atom. The van der Waals surface area contributed by atoms with Crippen LogP contribution in [-0.2, 0) is 14.3 Å². The molecule has 5 heteroatoms. The predicted molar refractivity (Wildman–Crippen MR) is 141 cm³/mol. The third kappa shape index (κ3) is 20.3. The molecule has 0 aliphatic carbocycles. The normalized spacial score (nSPS) is 14.0. The Bertz CT molecular complexity index is 489. The Labute approximate surface area is 210 Å². The monoisotopic (exact) mass is 484 g/mol. The Morgan fingerprint density at radius 1 is 0.676 bits per heavy atom. The van der Waals surface area contributed by atoms with Crippen LogP contribution in [0.2, 0.25) is 0 Å². The van der Waals surface area contributed by atoms with Gasteiger partial charge in [-0.1, -0.05) is 110 Å². The Morgan fingerprint density at radius 2 is 1.12 bits per heavy atom. The number of ether oxygens (including phenoxy) is 1. The van der Waals surface area contributed by atoms with Gasteiger partial charge in [-0.05, 0) is 39.0 Å². The molecule has 0 saturated heterocycles. The van der Waals surface area contributed by atoms with Crippen LogP contribution in [0.4, 0.5) is 0 Å². The maximum Gasteiger partial charge on any atom is 0.306 e. The number of aliphatic hydroxyl groups is 1. The molecule has 0 aromatic heterocycles. The highest BCUT2D eigenvalue weighted by Crippen LogP contribution is 2.27. The van der Waals surface area contributed by atoms with Gasteiger partial charge in [0.25, 0.3) is 0 Å². The fourth-order valence-corrected chi connectivity index (χ4v) is 4.50. The van der Waals surface area contributed by atoms with E-state index >= 15 is 0 Å². The van der Waals surface area contributed by atoms with Gasteiger partial charge in [0, 0.05) is 12.8 Å². The van der Waals surface area contributed by atoms with Gasteiger partial charge in [0.15, 0.2) is 0 Å². The molecule has 202 valence electrons.